The summed E-state index contributed by atoms with van der Waals surface area (Å²) in [6.07, 6.45) is -2.66. The zero-order valence-electron chi connectivity index (χ0n) is 10.5. The highest BCUT2D eigenvalue weighted by atomic mass is 19.4. The highest BCUT2D eigenvalue weighted by Gasteiger charge is 2.39. The van der Waals surface area contributed by atoms with Gasteiger partial charge in [0.15, 0.2) is 0 Å². The van der Waals surface area contributed by atoms with E-state index in [1.165, 1.54) is 16.8 Å². The van der Waals surface area contributed by atoms with Gasteiger partial charge in [0.25, 0.3) is 5.78 Å². The standard InChI is InChI=1S/C14H8F4N2O/c15-12-2-1-9(6-19)11(5-12)8-20-4-3-10(7-20)13(21)14(16,17)18/h1-5,7H,8H2. The van der Waals surface area contributed by atoms with Crippen molar-refractivity contribution in [1.82, 2.24) is 4.57 Å². The molecular formula is C14H8F4N2O. The number of benzene rings is 1. The van der Waals surface area contributed by atoms with E-state index in [2.05, 4.69) is 0 Å². The Morgan fingerprint density at radius 1 is 1.29 bits per heavy atom. The van der Waals surface area contributed by atoms with Gasteiger partial charge in [0.05, 0.1) is 11.6 Å². The van der Waals surface area contributed by atoms with Gasteiger partial charge in [-0.25, -0.2) is 4.39 Å². The van der Waals surface area contributed by atoms with Gasteiger partial charge >= 0.3 is 6.18 Å². The Hall–Kier alpha value is -2.62. The van der Waals surface area contributed by atoms with Crippen molar-refractivity contribution in [2.24, 2.45) is 0 Å². The largest absolute Gasteiger partial charge is 0.454 e. The third-order valence-corrected chi connectivity index (χ3v) is 2.81. The molecule has 1 heterocycles. The molecule has 0 fully saturated rings. The van der Waals surface area contributed by atoms with Crippen molar-refractivity contribution in [3.05, 3.63) is 59.2 Å². The number of alkyl halides is 3. The van der Waals surface area contributed by atoms with Crippen LogP contribution in [0, 0.1) is 17.1 Å². The van der Waals surface area contributed by atoms with E-state index in [9.17, 15) is 22.4 Å². The fourth-order valence-electron chi connectivity index (χ4n) is 1.84. The molecule has 0 aliphatic carbocycles. The number of ketones is 1. The van der Waals surface area contributed by atoms with Crippen molar-refractivity contribution in [3.8, 4) is 6.07 Å². The van der Waals surface area contributed by atoms with Gasteiger partial charge in [0.2, 0.25) is 0 Å². The van der Waals surface area contributed by atoms with Crippen molar-refractivity contribution >= 4 is 5.78 Å². The van der Waals surface area contributed by atoms with Crippen molar-refractivity contribution in [1.29, 1.82) is 5.26 Å². The zero-order valence-corrected chi connectivity index (χ0v) is 10.5. The molecule has 0 aliphatic rings. The molecule has 0 aliphatic heterocycles. The van der Waals surface area contributed by atoms with Crippen molar-refractivity contribution < 1.29 is 22.4 Å². The van der Waals surface area contributed by atoms with Crippen LogP contribution >= 0.6 is 0 Å². The molecule has 0 atom stereocenters. The van der Waals surface area contributed by atoms with Crippen LogP contribution in [0.25, 0.3) is 0 Å². The zero-order chi connectivity index (χ0) is 15.6. The summed E-state index contributed by atoms with van der Waals surface area (Å²) in [5, 5.41) is 8.90. The van der Waals surface area contributed by atoms with Gasteiger partial charge in [-0.05, 0) is 29.8 Å². The Labute approximate surface area is 117 Å². The monoisotopic (exact) mass is 296 g/mol. The average Bonchev–Trinajstić information content (AvgIpc) is 2.85. The SMILES string of the molecule is N#Cc1ccc(F)cc1Cn1ccc(C(=O)C(F)(F)F)c1. The van der Waals surface area contributed by atoms with Crippen molar-refractivity contribution in [3.63, 3.8) is 0 Å². The predicted octanol–water partition coefficient (Wildman–Crippen LogP) is 3.29. The highest BCUT2D eigenvalue weighted by Crippen LogP contribution is 2.22. The Bertz CT molecular complexity index is 725. The number of carbonyl (C=O) groups excluding carboxylic acids is 1. The minimum atomic E-state index is -4.94. The average molecular weight is 296 g/mol. The number of carbonyl (C=O) groups is 1. The quantitative estimate of drug-likeness (QED) is 0.644. The van der Waals surface area contributed by atoms with Crippen LogP contribution in [0.2, 0.25) is 0 Å². The Morgan fingerprint density at radius 3 is 2.62 bits per heavy atom. The number of nitriles is 1. The summed E-state index contributed by atoms with van der Waals surface area (Å²) in [6.45, 7) is -0.00814. The fourth-order valence-corrected chi connectivity index (χ4v) is 1.84. The molecule has 108 valence electrons. The summed E-state index contributed by atoms with van der Waals surface area (Å²) < 4.78 is 51.3. The van der Waals surface area contributed by atoms with Gasteiger partial charge in [-0.15, -0.1) is 0 Å². The molecule has 21 heavy (non-hydrogen) atoms. The molecule has 0 saturated carbocycles. The third kappa shape index (κ3) is 3.28. The Balaban J connectivity index is 2.27. The molecule has 2 rings (SSSR count). The Morgan fingerprint density at radius 2 is 2.00 bits per heavy atom. The van der Waals surface area contributed by atoms with Crippen molar-refractivity contribution in [2.45, 2.75) is 12.7 Å². The van der Waals surface area contributed by atoms with E-state index in [1.807, 2.05) is 6.07 Å². The summed E-state index contributed by atoms with van der Waals surface area (Å²) >= 11 is 0. The van der Waals surface area contributed by atoms with Gasteiger partial charge < -0.3 is 4.57 Å². The van der Waals surface area contributed by atoms with E-state index in [4.69, 9.17) is 5.26 Å². The van der Waals surface area contributed by atoms with Crippen LogP contribution in [0.3, 0.4) is 0 Å². The second kappa shape index (κ2) is 5.40. The Kier molecular flexibility index (Phi) is 3.80. The molecule has 7 heteroatoms. The number of rotatable bonds is 3. The number of nitrogens with zero attached hydrogens (tertiary/aromatic N) is 2. The van der Waals surface area contributed by atoms with Gasteiger partial charge in [0.1, 0.15) is 5.82 Å². The van der Waals surface area contributed by atoms with Crippen molar-refractivity contribution in [2.75, 3.05) is 0 Å². The summed E-state index contributed by atoms with van der Waals surface area (Å²) in [5.41, 5.74) is 0.0327. The molecule has 0 spiro atoms. The van der Waals surface area contributed by atoms with E-state index in [0.29, 0.717) is 5.56 Å². The second-order valence-electron chi connectivity index (χ2n) is 4.31. The molecule has 0 bridgehead atoms. The van der Waals surface area contributed by atoms with Crippen LogP contribution in [-0.4, -0.2) is 16.5 Å². The molecule has 0 amide bonds. The van der Waals surface area contributed by atoms with Crippen LogP contribution < -0.4 is 0 Å². The second-order valence-corrected chi connectivity index (χ2v) is 4.31. The summed E-state index contributed by atoms with van der Waals surface area (Å²) in [6, 6.07) is 6.44. The van der Waals surface area contributed by atoms with E-state index in [0.717, 1.165) is 24.4 Å². The summed E-state index contributed by atoms with van der Waals surface area (Å²) in [5.74, 6) is -2.50. The molecule has 2 aromatic rings. The van der Waals surface area contributed by atoms with Gasteiger partial charge in [0, 0.05) is 24.5 Å². The lowest BCUT2D eigenvalue weighted by molar-refractivity contribution is -0.0885. The minimum Gasteiger partial charge on any atom is -0.349 e. The summed E-state index contributed by atoms with van der Waals surface area (Å²) in [7, 11) is 0. The number of hydrogen-bond acceptors (Lipinski definition) is 2. The van der Waals surface area contributed by atoms with Crippen LogP contribution in [0.1, 0.15) is 21.5 Å². The molecule has 1 aromatic heterocycles. The molecule has 0 radical (unpaired) electrons. The van der Waals surface area contributed by atoms with Crippen LogP contribution in [-0.2, 0) is 6.54 Å². The number of aromatic nitrogens is 1. The van der Waals surface area contributed by atoms with Crippen LogP contribution in [0.5, 0.6) is 0 Å². The first-order valence-electron chi connectivity index (χ1n) is 5.77. The van der Waals surface area contributed by atoms with E-state index in [1.54, 1.807) is 0 Å². The van der Waals surface area contributed by atoms with E-state index < -0.39 is 23.3 Å². The molecule has 1 aromatic carbocycles. The first-order chi connectivity index (χ1) is 9.81. The number of halogens is 4. The lowest BCUT2D eigenvalue weighted by atomic mass is 10.1. The lowest BCUT2D eigenvalue weighted by Gasteiger charge is -2.06. The van der Waals surface area contributed by atoms with Gasteiger partial charge in [-0.3, -0.25) is 4.79 Å². The molecule has 0 unspecified atom stereocenters. The third-order valence-electron chi connectivity index (χ3n) is 2.81. The first-order valence-corrected chi connectivity index (χ1v) is 5.77. The van der Waals surface area contributed by atoms with Gasteiger partial charge in [-0.2, -0.15) is 18.4 Å². The molecular weight excluding hydrogens is 288 g/mol. The lowest BCUT2D eigenvalue weighted by Crippen LogP contribution is -2.22. The molecule has 0 N–H and O–H groups in total. The summed E-state index contributed by atoms with van der Waals surface area (Å²) in [4.78, 5) is 11.1. The number of Topliss-reactive ketones (excluding diaryl/α,β-unsaturated/α-hetero) is 1. The van der Waals surface area contributed by atoms with E-state index in [-0.39, 0.29) is 12.1 Å². The number of hydrogen-bond donors (Lipinski definition) is 0. The normalized spacial score (nSPS) is 11.2. The fraction of sp³-hybridized carbons (Fsp3) is 0.143. The van der Waals surface area contributed by atoms with Gasteiger partial charge in [-0.1, -0.05) is 0 Å². The maximum absolute atomic E-state index is 13.2. The first kappa shape index (κ1) is 14.8. The van der Waals surface area contributed by atoms with Crippen LogP contribution in [0.4, 0.5) is 17.6 Å². The van der Waals surface area contributed by atoms with E-state index >= 15 is 0 Å². The van der Waals surface area contributed by atoms with Crippen LogP contribution in [0.15, 0.2) is 36.7 Å². The smallest absolute Gasteiger partial charge is 0.349 e. The molecule has 0 saturated heterocycles. The topological polar surface area (TPSA) is 45.8 Å². The maximum Gasteiger partial charge on any atom is 0.454 e. The predicted molar refractivity (Wildman–Crippen MR) is 65.0 cm³/mol. The minimum absolute atomic E-state index is 0.00814. The molecule has 3 nitrogen and oxygen atoms in total. The maximum atomic E-state index is 13.2. The highest BCUT2D eigenvalue weighted by molar-refractivity contribution is 6.00.